The maximum absolute atomic E-state index is 12.2. The number of piperidine rings is 1. The molecule has 1 saturated carbocycles. The molecule has 0 bridgehead atoms. The van der Waals surface area contributed by atoms with E-state index in [1.807, 2.05) is 14.1 Å². The van der Waals surface area contributed by atoms with Gasteiger partial charge in [0.1, 0.15) is 0 Å². The van der Waals surface area contributed by atoms with E-state index in [9.17, 15) is 9.59 Å². The molecule has 0 aromatic rings. The maximum atomic E-state index is 12.2. The van der Waals surface area contributed by atoms with Gasteiger partial charge in [-0.25, -0.2) is 4.79 Å². The summed E-state index contributed by atoms with van der Waals surface area (Å²) in [6, 6.07) is -0.121. The highest BCUT2D eigenvalue weighted by molar-refractivity contribution is 5.76. The van der Waals surface area contributed by atoms with Crippen molar-refractivity contribution in [2.75, 3.05) is 33.7 Å². The zero-order chi connectivity index (χ0) is 14.8. The summed E-state index contributed by atoms with van der Waals surface area (Å²) in [6.07, 6.45) is 4.86. The van der Waals surface area contributed by atoms with Crippen LogP contribution in [0.2, 0.25) is 0 Å². The van der Waals surface area contributed by atoms with Gasteiger partial charge in [0.15, 0.2) is 0 Å². The van der Waals surface area contributed by atoms with Crippen molar-refractivity contribution in [3.05, 3.63) is 0 Å². The van der Waals surface area contributed by atoms with Crippen molar-refractivity contribution in [1.29, 1.82) is 0 Å². The van der Waals surface area contributed by atoms with Crippen LogP contribution in [0.25, 0.3) is 0 Å². The molecule has 114 valence electrons. The summed E-state index contributed by atoms with van der Waals surface area (Å²) in [6.45, 7) is 1.63. The minimum atomic E-state index is -0.800. The molecule has 2 aliphatic rings. The zero-order valence-corrected chi connectivity index (χ0v) is 12.4. The van der Waals surface area contributed by atoms with Gasteiger partial charge in [-0.2, -0.15) is 0 Å². The number of rotatable bonds is 4. The van der Waals surface area contributed by atoms with Crippen LogP contribution < -0.4 is 5.32 Å². The minimum Gasteiger partial charge on any atom is -0.481 e. The molecule has 0 unspecified atom stereocenters. The third kappa shape index (κ3) is 3.06. The number of hydrogen-bond acceptors (Lipinski definition) is 3. The third-order valence-corrected chi connectivity index (χ3v) is 4.86. The number of carboxylic acid groups (broad SMARTS) is 1. The van der Waals surface area contributed by atoms with Crippen LogP contribution in [0.1, 0.15) is 32.1 Å². The summed E-state index contributed by atoms with van der Waals surface area (Å²) in [5.41, 5.74) is 0.0949. The van der Waals surface area contributed by atoms with E-state index in [-0.39, 0.29) is 11.6 Å². The molecule has 1 heterocycles. The first-order valence-corrected chi connectivity index (χ1v) is 7.38. The Kier molecular flexibility index (Phi) is 4.52. The van der Waals surface area contributed by atoms with Crippen LogP contribution in [-0.2, 0) is 4.79 Å². The molecule has 0 aromatic heterocycles. The van der Waals surface area contributed by atoms with Gasteiger partial charge in [-0.1, -0.05) is 0 Å². The summed E-state index contributed by atoms with van der Waals surface area (Å²) in [4.78, 5) is 27.0. The Morgan fingerprint density at radius 1 is 1.35 bits per heavy atom. The first-order valence-electron chi connectivity index (χ1n) is 7.38. The predicted octanol–water partition coefficient (Wildman–Crippen LogP) is 0.977. The highest BCUT2D eigenvalue weighted by Crippen LogP contribution is 2.35. The Morgan fingerprint density at radius 3 is 2.55 bits per heavy atom. The van der Waals surface area contributed by atoms with Crippen molar-refractivity contribution >= 4 is 12.0 Å². The standard InChI is InChI=1S/C14H25N3O3/c1-16(2)14(6-4-7-14)10-15-13(20)17-8-3-5-11(9-17)12(18)19/h11H,3-10H2,1-2H3,(H,15,20)(H,18,19)/t11-/m1/s1. The molecule has 1 atom stereocenters. The molecule has 0 aromatic carbocycles. The van der Waals surface area contributed by atoms with Crippen LogP contribution in [0.15, 0.2) is 0 Å². The number of nitrogens with zero attached hydrogens (tertiary/aromatic N) is 2. The average molecular weight is 283 g/mol. The molecule has 1 saturated heterocycles. The molecule has 2 amide bonds. The van der Waals surface area contributed by atoms with Gasteiger partial charge >= 0.3 is 12.0 Å². The van der Waals surface area contributed by atoms with E-state index in [4.69, 9.17) is 5.11 Å². The molecule has 1 aliphatic carbocycles. The van der Waals surface area contributed by atoms with E-state index >= 15 is 0 Å². The summed E-state index contributed by atoms with van der Waals surface area (Å²) < 4.78 is 0. The number of aliphatic carboxylic acids is 1. The van der Waals surface area contributed by atoms with E-state index in [1.54, 1.807) is 4.90 Å². The normalized spacial score (nSPS) is 25.1. The molecule has 2 N–H and O–H groups in total. The second-order valence-corrected chi connectivity index (χ2v) is 6.25. The van der Waals surface area contributed by atoms with Crippen molar-refractivity contribution in [2.45, 2.75) is 37.6 Å². The van der Waals surface area contributed by atoms with Crippen molar-refractivity contribution in [3.63, 3.8) is 0 Å². The van der Waals surface area contributed by atoms with Crippen LogP contribution in [0.4, 0.5) is 4.79 Å². The quantitative estimate of drug-likeness (QED) is 0.806. The highest BCUT2D eigenvalue weighted by atomic mass is 16.4. The van der Waals surface area contributed by atoms with E-state index < -0.39 is 11.9 Å². The predicted molar refractivity (Wildman–Crippen MR) is 75.6 cm³/mol. The summed E-state index contributed by atoms with van der Waals surface area (Å²) in [5.74, 6) is -1.22. The van der Waals surface area contributed by atoms with E-state index in [2.05, 4.69) is 10.2 Å². The highest BCUT2D eigenvalue weighted by Gasteiger charge is 2.39. The molecule has 0 spiro atoms. The lowest BCUT2D eigenvalue weighted by Crippen LogP contribution is -2.59. The van der Waals surface area contributed by atoms with Gasteiger partial charge in [0.25, 0.3) is 0 Å². The van der Waals surface area contributed by atoms with E-state index in [1.165, 1.54) is 6.42 Å². The monoisotopic (exact) mass is 283 g/mol. The molecule has 1 aliphatic heterocycles. The minimum absolute atomic E-state index is 0.0949. The van der Waals surface area contributed by atoms with Gasteiger partial charge in [-0.3, -0.25) is 4.79 Å². The van der Waals surface area contributed by atoms with E-state index in [0.717, 1.165) is 19.3 Å². The average Bonchev–Trinajstić information content (AvgIpc) is 2.37. The van der Waals surface area contributed by atoms with Gasteiger partial charge < -0.3 is 20.2 Å². The molecule has 2 fully saturated rings. The molecule has 6 nitrogen and oxygen atoms in total. The number of likely N-dealkylation sites (tertiary alicyclic amines) is 1. The Balaban J connectivity index is 1.84. The topological polar surface area (TPSA) is 72.9 Å². The number of nitrogens with one attached hydrogen (secondary N) is 1. The lowest BCUT2D eigenvalue weighted by molar-refractivity contribution is -0.143. The van der Waals surface area contributed by atoms with Crippen molar-refractivity contribution in [3.8, 4) is 0 Å². The van der Waals surface area contributed by atoms with Gasteiger partial charge in [-0.05, 0) is 46.2 Å². The van der Waals surface area contributed by atoms with Crippen molar-refractivity contribution in [2.24, 2.45) is 5.92 Å². The van der Waals surface area contributed by atoms with Gasteiger partial charge in [0.05, 0.1) is 5.92 Å². The Bertz CT molecular complexity index is 380. The van der Waals surface area contributed by atoms with Crippen molar-refractivity contribution < 1.29 is 14.7 Å². The van der Waals surface area contributed by atoms with Crippen molar-refractivity contribution in [1.82, 2.24) is 15.1 Å². The van der Waals surface area contributed by atoms with Crippen LogP contribution in [0.3, 0.4) is 0 Å². The molecular formula is C14H25N3O3. The maximum Gasteiger partial charge on any atom is 0.317 e. The fourth-order valence-electron chi connectivity index (χ4n) is 3.08. The summed E-state index contributed by atoms with van der Waals surface area (Å²) in [5, 5.41) is 12.0. The van der Waals surface area contributed by atoms with E-state index in [0.29, 0.717) is 26.1 Å². The van der Waals surface area contributed by atoms with Gasteiger partial charge in [0, 0.05) is 25.2 Å². The summed E-state index contributed by atoms with van der Waals surface area (Å²) in [7, 11) is 4.10. The lowest BCUT2D eigenvalue weighted by Gasteiger charge is -2.47. The molecular weight excluding hydrogens is 258 g/mol. The molecule has 0 radical (unpaired) electrons. The summed E-state index contributed by atoms with van der Waals surface area (Å²) >= 11 is 0. The molecule has 20 heavy (non-hydrogen) atoms. The van der Waals surface area contributed by atoms with Crippen LogP contribution in [0, 0.1) is 5.92 Å². The SMILES string of the molecule is CN(C)C1(CNC(=O)N2CCC[C@@H](C(=O)O)C2)CCC1. The van der Waals surface area contributed by atoms with Crippen LogP contribution in [0.5, 0.6) is 0 Å². The Hall–Kier alpha value is -1.30. The second-order valence-electron chi connectivity index (χ2n) is 6.25. The molecule has 6 heteroatoms. The first-order chi connectivity index (χ1) is 9.44. The fourth-order valence-corrected chi connectivity index (χ4v) is 3.08. The Labute approximate surface area is 120 Å². The Morgan fingerprint density at radius 2 is 2.05 bits per heavy atom. The second kappa shape index (κ2) is 5.99. The fraction of sp³-hybridized carbons (Fsp3) is 0.857. The number of hydrogen-bond donors (Lipinski definition) is 2. The smallest absolute Gasteiger partial charge is 0.317 e. The number of amides is 2. The number of carbonyl (C=O) groups excluding carboxylic acids is 1. The number of likely N-dealkylation sites (N-methyl/N-ethyl adjacent to an activating group) is 1. The number of urea groups is 1. The van der Waals surface area contributed by atoms with Crippen LogP contribution >= 0.6 is 0 Å². The lowest BCUT2D eigenvalue weighted by atomic mass is 9.75. The van der Waals surface area contributed by atoms with Gasteiger partial charge in [-0.15, -0.1) is 0 Å². The van der Waals surface area contributed by atoms with Crippen LogP contribution in [-0.4, -0.2) is 66.2 Å². The first kappa shape index (κ1) is 15.1. The zero-order valence-electron chi connectivity index (χ0n) is 12.4. The molecule has 2 rings (SSSR count). The number of carbonyl (C=O) groups is 2. The van der Waals surface area contributed by atoms with Gasteiger partial charge in [0.2, 0.25) is 0 Å². The largest absolute Gasteiger partial charge is 0.481 e. The third-order valence-electron chi connectivity index (χ3n) is 4.86. The number of carboxylic acids is 1.